The molecule has 1 fully saturated rings. The number of likely N-dealkylation sites (tertiary alicyclic amines) is 1. The fourth-order valence-corrected chi connectivity index (χ4v) is 4.52. The number of aromatic amines is 1. The van der Waals surface area contributed by atoms with Crippen LogP contribution in [0.4, 0.5) is 0 Å². The number of aromatic nitrogens is 2. The highest BCUT2D eigenvalue weighted by Crippen LogP contribution is 2.41. The summed E-state index contributed by atoms with van der Waals surface area (Å²) in [5, 5.41) is 0. The van der Waals surface area contributed by atoms with E-state index in [9.17, 15) is 4.79 Å². The third kappa shape index (κ3) is 4.62. The fourth-order valence-electron chi connectivity index (χ4n) is 4.52. The lowest BCUT2D eigenvalue weighted by molar-refractivity contribution is 0.323. The van der Waals surface area contributed by atoms with Crippen molar-refractivity contribution in [3.63, 3.8) is 0 Å². The summed E-state index contributed by atoms with van der Waals surface area (Å²) in [5.41, 5.74) is 3.06. The smallest absolute Gasteiger partial charge is 0.251 e. The Balaban J connectivity index is 1.66. The van der Waals surface area contributed by atoms with E-state index >= 15 is 0 Å². The van der Waals surface area contributed by atoms with Gasteiger partial charge in [0.05, 0.1) is 27.0 Å². The van der Waals surface area contributed by atoms with Gasteiger partial charge in [0.2, 0.25) is 0 Å². The monoisotopic (exact) mass is 435 g/mol. The average molecular weight is 436 g/mol. The Bertz CT molecular complexity index is 1130. The Morgan fingerprint density at radius 1 is 0.938 bits per heavy atom. The van der Waals surface area contributed by atoms with E-state index in [0.717, 1.165) is 36.6 Å². The predicted octanol–water partition coefficient (Wildman–Crippen LogP) is 3.49. The molecule has 0 aliphatic carbocycles. The minimum absolute atomic E-state index is 0.0901. The number of aryl methyl sites for hydroxylation is 1. The van der Waals surface area contributed by atoms with Crippen LogP contribution in [0.25, 0.3) is 0 Å². The van der Waals surface area contributed by atoms with Crippen molar-refractivity contribution in [3.05, 3.63) is 81.5 Å². The number of ether oxygens (including phenoxy) is 3. The normalized spacial score (nSPS) is 18.5. The van der Waals surface area contributed by atoms with Gasteiger partial charge in [0.15, 0.2) is 11.5 Å². The second-order valence-electron chi connectivity index (χ2n) is 8.13. The molecule has 2 aromatic carbocycles. The van der Waals surface area contributed by atoms with Crippen molar-refractivity contribution in [1.82, 2.24) is 14.9 Å². The first-order valence-corrected chi connectivity index (χ1v) is 10.7. The van der Waals surface area contributed by atoms with Crippen LogP contribution >= 0.6 is 0 Å². The Kier molecular flexibility index (Phi) is 6.46. The van der Waals surface area contributed by atoms with E-state index in [4.69, 9.17) is 14.2 Å². The highest BCUT2D eigenvalue weighted by molar-refractivity contribution is 5.45. The molecular weight excluding hydrogens is 406 g/mol. The average Bonchev–Trinajstić information content (AvgIpc) is 3.22. The third-order valence-corrected chi connectivity index (χ3v) is 6.06. The second kappa shape index (κ2) is 9.44. The van der Waals surface area contributed by atoms with Crippen LogP contribution in [-0.4, -0.2) is 49.3 Å². The molecule has 7 heteroatoms. The van der Waals surface area contributed by atoms with Crippen molar-refractivity contribution >= 4 is 0 Å². The minimum Gasteiger partial charge on any atom is -0.497 e. The molecular formula is C25H29N3O4. The molecule has 1 aliphatic heterocycles. The van der Waals surface area contributed by atoms with Crippen LogP contribution in [-0.2, 0) is 6.54 Å². The van der Waals surface area contributed by atoms with Gasteiger partial charge in [-0.1, -0.05) is 18.2 Å². The largest absolute Gasteiger partial charge is 0.497 e. The third-order valence-electron chi connectivity index (χ3n) is 6.06. The molecule has 0 unspecified atom stereocenters. The lowest BCUT2D eigenvalue weighted by Gasteiger charge is -2.20. The number of methoxy groups -OCH3 is 3. The Morgan fingerprint density at radius 2 is 1.66 bits per heavy atom. The Hall–Kier alpha value is -3.32. The predicted molar refractivity (Wildman–Crippen MR) is 123 cm³/mol. The second-order valence-corrected chi connectivity index (χ2v) is 8.13. The molecule has 1 N–H and O–H groups in total. The van der Waals surface area contributed by atoms with Crippen molar-refractivity contribution in [1.29, 1.82) is 0 Å². The molecule has 32 heavy (non-hydrogen) atoms. The van der Waals surface area contributed by atoms with Crippen LogP contribution < -0.4 is 19.8 Å². The number of H-pyrrole nitrogens is 1. The first-order chi connectivity index (χ1) is 15.5. The molecule has 168 valence electrons. The number of nitrogens with zero attached hydrogens (tertiary/aromatic N) is 2. The molecule has 4 rings (SSSR count). The molecule has 0 saturated carbocycles. The molecule has 1 aromatic heterocycles. The van der Waals surface area contributed by atoms with Crippen molar-refractivity contribution in [3.8, 4) is 17.2 Å². The van der Waals surface area contributed by atoms with Gasteiger partial charge in [-0.05, 0) is 42.3 Å². The van der Waals surface area contributed by atoms with Gasteiger partial charge in [-0.25, -0.2) is 4.98 Å². The quantitative estimate of drug-likeness (QED) is 0.612. The summed E-state index contributed by atoms with van der Waals surface area (Å²) in [6.45, 7) is 4.29. The molecule has 1 aliphatic rings. The van der Waals surface area contributed by atoms with Crippen LogP contribution in [0.1, 0.15) is 34.5 Å². The molecule has 0 amide bonds. The summed E-state index contributed by atoms with van der Waals surface area (Å²) < 4.78 is 16.2. The molecule has 1 saturated heterocycles. The maximum Gasteiger partial charge on any atom is 0.251 e. The van der Waals surface area contributed by atoms with Gasteiger partial charge in [0, 0.05) is 37.5 Å². The molecule has 2 heterocycles. The van der Waals surface area contributed by atoms with Crippen molar-refractivity contribution in [2.75, 3.05) is 34.4 Å². The molecule has 7 nitrogen and oxygen atoms in total. The highest BCUT2D eigenvalue weighted by atomic mass is 16.5. The van der Waals surface area contributed by atoms with E-state index in [-0.39, 0.29) is 17.4 Å². The molecule has 2 atom stereocenters. The minimum atomic E-state index is -0.118. The van der Waals surface area contributed by atoms with Gasteiger partial charge < -0.3 is 19.2 Å². The van der Waals surface area contributed by atoms with Gasteiger partial charge in [-0.2, -0.15) is 0 Å². The van der Waals surface area contributed by atoms with Crippen molar-refractivity contribution in [2.45, 2.75) is 25.3 Å². The first kappa shape index (κ1) is 21.9. The van der Waals surface area contributed by atoms with Crippen LogP contribution in [0, 0.1) is 6.92 Å². The maximum atomic E-state index is 12.2. The number of rotatable bonds is 7. The van der Waals surface area contributed by atoms with Crippen LogP contribution in [0.3, 0.4) is 0 Å². The van der Waals surface area contributed by atoms with E-state index in [1.165, 1.54) is 5.56 Å². The van der Waals surface area contributed by atoms with Crippen LogP contribution in [0.15, 0.2) is 53.3 Å². The van der Waals surface area contributed by atoms with Crippen LogP contribution in [0.5, 0.6) is 17.2 Å². The van der Waals surface area contributed by atoms with Gasteiger partial charge in [-0.3, -0.25) is 9.69 Å². The number of nitrogens with one attached hydrogen (secondary N) is 1. The van der Waals surface area contributed by atoms with Crippen molar-refractivity contribution < 1.29 is 14.2 Å². The lowest BCUT2D eigenvalue weighted by atomic mass is 9.86. The van der Waals surface area contributed by atoms with Gasteiger partial charge in [-0.15, -0.1) is 0 Å². The zero-order chi connectivity index (χ0) is 22.7. The van der Waals surface area contributed by atoms with Crippen molar-refractivity contribution in [2.24, 2.45) is 0 Å². The standard InChI is InChI=1S/C25H29N3O4/c1-16-26-22(12-25(29)27-16)21-15-28(13-17-5-8-19(30-2)9-6-17)14-20(21)18-7-10-23(31-3)24(11-18)32-4/h5-12,20-21H,13-15H2,1-4H3,(H,26,27,29)/t20-,21+/m0/s1. The summed E-state index contributed by atoms with van der Waals surface area (Å²) in [7, 11) is 4.95. The summed E-state index contributed by atoms with van der Waals surface area (Å²) in [6.07, 6.45) is 0. The van der Waals surface area contributed by atoms with Gasteiger partial charge in [0.25, 0.3) is 5.56 Å². The zero-order valence-electron chi connectivity index (χ0n) is 18.9. The summed E-state index contributed by atoms with van der Waals surface area (Å²) in [4.78, 5) is 22.0. The number of hydrogen-bond acceptors (Lipinski definition) is 6. The zero-order valence-corrected chi connectivity index (χ0v) is 18.9. The van der Waals surface area contributed by atoms with E-state index in [1.807, 2.05) is 31.2 Å². The van der Waals surface area contributed by atoms with Gasteiger partial charge in [0.1, 0.15) is 11.6 Å². The van der Waals surface area contributed by atoms with Crippen LogP contribution in [0.2, 0.25) is 0 Å². The van der Waals surface area contributed by atoms with E-state index in [1.54, 1.807) is 27.4 Å². The number of hydrogen-bond donors (Lipinski definition) is 1. The summed E-state index contributed by atoms with van der Waals surface area (Å²) in [5.74, 6) is 3.14. The van der Waals surface area contributed by atoms with Gasteiger partial charge >= 0.3 is 0 Å². The highest BCUT2D eigenvalue weighted by Gasteiger charge is 2.36. The van der Waals surface area contributed by atoms with E-state index in [2.05, 4.69) is 33.1 Å². The van der Waals surface area contributed by atoms with E-state index in [0.29, 0.717) is 17.3 Å². The fraction of sp³-hybridized carbons (Fsp3) is 0.360. The maximum absolute atomic E-state index is 12.2. The molecule has 0 spiro atoms. The Morgan fingerprint density at radius 3 is 2.31 bits per heavy atom. The lowest BCUT2D eigenvalue weighted by Crippen LogP contribution is -2.20. The summed E-state index contributed by atoms with van der Waals surface area (Å²) in [6, 6.07) is 15.8. The number of benzene rings is 2. The van der Waals surface area contributed by atoms with E-state index < -0.39 is 0 Å². The summed E-state index contributed by atoms with van der Waals surface area (Å²) >= 11 is 0. The topological polar surface area (TPSA) is 76.7 Å². The molecule has 3 aromatic rings. The molecule has 0 bridgehead atoms. The first-order valence-electron chi connectivity index (χ1n) is 10.7. The molecule has 0 radical (unpaired) electrons. The SMILES string of the molecule is COc1ccc(CN2C[C@@H](c3ccc(OC)c(OC)c3)[C@H](c3cc(=O)[nH]c(C)n3)C2)cc1. The Labute approximate surface area is 188 Å².